The fourth-order valence-corrected chi connectivity index (χ4v) is 4.33. The van der Waals surface area contributed by atoms with Crippen molar-refractivity contribution in [2.24, 2.45) is 29.6 Å². The zero-order valence-corrected chi connectivity index (χ0v) is 13.4. The number of rotatable bonds is 3. The van der Waals surface area contributed by atoms with Crippen molar-refractivity contribution in [3.05, 3.63) is 36.1 Å². The molecule has 4 heteroatoms. The van der Waals surface area contributed by atoms with Gasteiger partial charge in [-0.25, -0.2) is 4.79 Å². The van der Waals surface area contributed by atoms with Gasteiger partial charge in [-0.2, -0.15) is 0 Å². The molecule has 122 valence electrons. The molecule has 0 unspecified atom stereocenters. The molecule has 1 fully saturated rings. The van der Waals surface area contributed by atoms with Crippen LogP contribution in [0.15, 0.2) is 36.1 Å². The molecule has 2 aliphatic carbocycles. The van der Waals surface area contributed by atoms with Crippen molar-refractivity contribution in [3.63, 3.8) is 0 Å². The van der Waals surface area contributed by atoms with E-state index < -0.39 is 11.6 Å². The molecule has 3 N–H and O–H groups in total. The van der Waals surface area contributed by atoms with Crippen molar-refractivity contribution in [3.8, 4) is 0 Å². The molecule has 0 aromatic rings. The monoisotopic (exact) mass is 306 g/mol. The lowest BCUT2D eigenvalue weighted by Crippen LogP contribution is -2.48. The average Bonchev–Trinajstić information content (AvgIpc) is 2.37. The number of hydrogen-bond acceptors (Lipinski definition) is 3. The highest BCUT2D eigenvalue weighted by molar-refractivity contribution is 5.80. The van der Waals surface area contributed by atoms with Crippen LogP contribution in [-0.2, 0) is 4.79 Å². The number of aliphatic hydroxyl groups is 2. The van der Waals surface area contributed by atoms with E-state index >= 15 is 0 Å². The Labute approximate surface area is 131 Å². The van der Waals surface area contributed by atoms with E-state index in [1.807, 2.05) is 6.08 Å². The van der Waals surface area contributed by atoms with E-state index in [0.717, 1.165) is 18.9 Å². The van der Waals surface area contributed by atoms with Gasteiger partial charge < -0.3 is 15.3 Å². The minimum Gasteiger partial charge on any atom is -0.512 e. The maximum atomic E-state index is 10.7. The number of carbonyl (C=O) groups is 1. The lowest BCUT2D eigenvalue weighted by atomic mass is 9.57. The van der Waals surface area contributed by atoms with Crippen LogP contribution in [0, 0.1) is 29.6 Å². The summed E-state index contributed by atoms with van der Waals surface area (Å²) < 4.78 is 0. The average molecular weight is 306 g/mol. The van der Waals surface area contributed by atoms with Crippen molar-refractivity contribution in [1.82, 2.24) is 0 Å². The summed E-state index contributed by atoms with van der Waals surface area (Å²) in [6.07, 6.45) is 9.70. The summed E-state index contributed by atoms with van der Waals surface area (Å²) >= 11 is 0. The normalized spacial score (nSPS) is 42.4. The van der Waals surface area contributed by atoms with Gasteiger partial charge in [-0.05, 0) is 43.6 Å². The van der Waals surface area contributed by atoms with Crippen LogP contribution in [0.3, 0.4) is 0 Å². The van der Waals surface area contributed by atoms with Gasteiger partial charge in [-0.3, -0.25) is 0 Å². The highest BCUT2D eigenvalue weighted by atomic mass is 16.4. The topological polar surface area (TPSA) is 77.8 Å². The maximum absolute atomic E-state index is 10.7. The highest BCUT2D eigenvalue weighted by Crippen LogP contribution is 2.51. The van der Waals surface area contributed by atoms with Crippen LogP contribution < -0.4 is 0 Å². The highest BCUT2D eigenvalue weighted by Gasteiger charge is 2.49. The van der Waals surface area contributed by atoms with Crippen molar-refractivity contribution in [2.45, 2.75) is 39.2 Å². The van der Waals surface area contributed by atoms with Crippen LogP contribution in [0.5, 0.6) is 0 Å². The molecule has 1 saturated carbocycles. The van der Waals surface area contributed by atoms with Gasteiger partial charge in [0.15, 0.2) is 0 Å². The number of carboxylic acids is 1. The Morgan fingerprint density at radius 2 is 2.00 bits per heavy atom. The van der Waals surface area contributed by atoms with Crippen molar-refractivity contribution < 1.29 is 20.1 Å². The summed E-state index contributed by atoms with van der Waals surface area (Å²) in [6, 6.07) is 0. The predicted octanol–water partition coefficient (Wildman–Crippen LogP) is 3.30. The first-order valence-electron chi connectivity index (χ1n) is 7.94. The number of hydrogen-bond donors (Lipinski definition) is 3. The second-order valence-corrected chi connectivity index (χ2v) is 7.14. The number of aliphatic hydroxyl groups excluding tert-OH is 1. The number of allylic oxidation sites excluding steroid dienone is 3. The molecule has 0 aromatic carbocycles. The van der Waals surface area contributed by atoms with Crippen LogP contribution in [0.2, 0.25) is 0 Å². The van der Waals surface area contributed by atoms with E-state index in [1.165, 1.54) is 6.08 Å². The summed E-state index contributed by atoms with van der Waals surface area (Å²) in [4.78, 5) is 10.5. The van der Waals surface area contributed by atoms with E-state index in [1.54, 1.807) is 19.1 Å². The zero-order chi connectivity index (χ0) is 16.5. The van der Waals surface area contributed by atoms with E-state index in [9.17, 15) is 15.0 Å². The number of fused-ring (bicyclic) bond motifs is 1. The molecule has 0 radical (unpaired) electrons. The fraction of sp³-hybridized carbons (Fsp3) is 0.611. The molecule has 0 aromatic heterocycles. The third kappa shape index (κ3) is 3.43. The first kappa shape index (κ1) is 16.8. The minimum atomic E-state index is -1.12. The molecule has 0 aliphatic heterocycles. The summed E-state index contributed by atoms with van der Waals surface area (Å²) in [6.45, 7) is 6.09. The van der Waals surface area contributed by atoms with Crippen LogP contribution in [0.4, 0.5) is 0 Å². The lowest BCUT2D eigenvalue weighted by molar-refractivity contribution is -0.131. The Kier molecular flexibility index (Phi) is 4.81. The van der Waals surface area contributed by atoms with Gasteiger partial charge in [0.1, 0.15) is 0 Å². The molecule has 22 heavy (non-hydrogen) atoms. The third-order valence-corrected chi connectivity index (χ3v) is 5.13. The zero-order valence-electron chi connectivity index (χ0n) is 13.4. The standard InChI is InChI=1S/C18H26O4/c1-11-8-12(2)17-13(9-11)15(19)10-18(3,22)14(17)6-4-5-7-16(20)21/h4-7,10-14,17,19,22H,8-9H2,1-3H3,(H,20,21)/b6-4+,7-5+/t11-,12+,13+,14+,17-,18+/m0/s1. The molecule has 0 spiro atoms. The minimum absolute atomic E-state index is 0.0806. The van der Waals surface area contributed by atoms with Gasteiger partial charge in [0, 0.05) is 17.9 Å². The first-order valence-corrected chi connectivity index (χ1v) is 7.94. The Morgan fingerprint density at radius 1 is 1.32 bits per heavy atom. The Bertz CT molecular complexity index is 515. The second-order valence-electron chi connectivity index (χ2n) is 7.14. The lowest BCUT2D eigenvalue weighted by Gasteiger charge is -2.49. The van der Waals surface area contributed by atoms with Crippen LogP contribution in [0.1, 0.15) is 33.6 Å². The number of aliphatic carboxylic acids is 1. The van der Waals surface area contributed by atoms with E-state index in [-0.39, 0.29) is 17.8 Å². The predicted molar refractivity (Wildman–Crippen MR) is 85.3 cm³/mol. The largest absolute Gasteiger partial charge is 0.512 e. The molecule has 6 atom stereocenters. The Morgan fingerprint density at radius 3 is 2.64 bits per heavy atom. The van der Waals surface area contributed by atoms with Gasteiger partial charge in [0.25, 0.3) is 0 Å². The van der Waals surface area contributed by atoms with Gasteiger partial charge in [0.2, 0.25) is 0 Å². The van der Waals surface area contributed by atoms with Crippen LogP contribution in [-0.4, -0.2) is 26.9 Å². The first-order chi connectivity index (χ1) is 10.2. The summed E-state index contributed by atoms with van der Waals surface area (Å²) in [5, 5.41) is 29.7. The van der Waals surface area contributed by atoms with E-state index in [2.05, 4.69) is 13.8 Å². The van der Waals surface area contributed by atoms with E-state index in [0.29, 0.717) is 17.6 Å². The Hall–Kier alpha value is -1.55. The van der Waals surface area contributed by atoms with Crippen LogP contribution in [0.25, 0.3) is 0 Å². The van der Waals surface area contributed by atoms with Crippen molar-refractivity contribution in [2.75, 3.05) is 0 Å². The molecule has 4 nitrogen and oxygen atoms in total. The van der Waals surface area contributed by atoms with E-state index in [4.69, 9.17) is 5.11 Å². The van der Waals surface area contributed by atoms with Crippen molar-refractivity contribution in [1.29, 1.82) is 0 Å². The summed E-state index contributed by atoms with van der Waals surface area (Å²) in [5.41, 5.74) is -1.12. The maximum Gasteiger partial charge on any atom is 0.328 e. The summed E-state index contributed by atoms with van der Waals surface area (Å²) in [5.74, 6) is 0.395. The summed E-state index contributed by atoms with van der Waals surface area (Å²) in [7, 11) is 0. The second kappa shape index (κ2) is 6.29. The van der Waals surface area contributed by atoms with Crippen LogP contribution >= 0.6 is 0 Å². The molecule has 2 aliphatic rings. The van der Waals surface area contributed by atoms with Gasteiger partial charge in [-0.1, -0.05) is 32.1 Å². The molecule has 0 heterocycles. The molecule has 0 amide bonds. The van der Waals surface area contributed by atoms with Gasteiger partial charge in [0.05, 0.1) is 11.4 Å². The SMILES string of the molecule is C[C@H]1C[C@@H](C)[C@H]2[C@H](C1)C(O)=C[C@@](C)(O)[C@@H]2/C=C/C=C/C(=O)O. The molecule has 0 bridgehead atoms. The molecular formula is C18H26O4. The van der Waals surface area contributed by atoms with Gasteiger partial charge >= 0.3 is 5.97 Å². The van der Waals surface area contributed by atoms with Gasteiger partial charge in [-0.15, -0.1) is 0 Å². The number of carboxylic acid groups (broad SMARTS) is 1. The quantitative estimate of drug-likeness (QED) is 0.552. The molecule has 0 saturated heterocycles. The third-order valence-electron chi connectivity index (χ3n) is 5.13. The molecular weight excluding hydrogens is 280 g/mol. The fourth-order valence-electron chi connectivity index (χ4n) is 4.33. The molecule has 2 rings (SSSR count). The smallest absolute Gasteiger partial charge is 0.328 e. The van der Waals surface area contributed by atoms with Crippen molar-refractivity contribution >= 4 is 5.97 Å². The Balaban J connectivity index is 2.31.